The summed E-state index contributed by atoms with van der Waals surface area (Å²) in [5.41, 5.74) is 1.64. The summed E-state index contributed by atoms with van der Waals surface area (Å²) in [6.45, 7) is 0. The number of aromatic nitrogens is 3. The molecule has 3 aromatic rings. The maximum Gasteiger partial charge on any atom is 0.299 e. The zero-order valence-corrected chi connectivity index (χ0v) is 20.8. The number of methoxy groups -OCH3 is 2. The Morgan fingerprint density at radius 2 is 1.83 bits per heavy atom. The Bertz CT molecular complexity index is 1260. The van der Waals surface area contributed by atoms with Crippen LogP contribution in [-0.4, -0.2) is 41.0 Å². The first kappa shape index (κ1) is 23.8. The minimum absolute atomic E-state index is 0.114. The summed E-state index contributed by atoms with van der Waals surface area (Å²) < 4.78 is 21.8. The molecular formula is C26H27N5O4S. The van der Waals surface area contributed by atoms with Gasteiger partial charge in [-0.25, -0.2) is 0 Å². The molecule has 10 heteroatoms. The van der Waals surface area contributed by atoms with Gasteiger partial charge in [-0.3, -0.25) is 14.1 Å². The lowest BCUT2D eigenvalue weighted by Crippen LogP contribution is -2.27. The fraction of sp³-hybridized carbons (Fsp3) is 0.269. The summed E-state index contributed by atoms with van der Waals surface area (Å²) >= 11 is 1.29. The molecule has 1 fully saturated rings. The van der Waals surface area contributed by atoms with Gasteiger partial charge in [-0.2, -0.15) is 0 Å². The number of carbonyl (C=O) groups is 1. The molecule has 0 spiro atoms. The van der Waals surface area contributed by atoms with Crippen molar-refractivity contribution in [2.24, 2.45) is 0 Å². The van der Waals surface area contributed by atoms with E-state index in [9.17, 15) is 4.79 Å². The standard InChI is InChI=1S/C26H27N5O4S/c1-33-20-11-7-12-21(34-2)23(20)31-24(19-10-6-13-22(27-19)35-18-14-15-18)28-29-25(31)26(32)30-36-16-17-8-4-3-5-9-17/h3-13,18-19,27H,14-16H2,1-2H3,(H,30,32). The molecule has 1 atom stereocenters. The summed E-state index contributed by atoms with van der Waals surface area (Å²) in [5.74, 6) is 2.55. The van der Waals surface area contributed by atoms with Gasteiger partial charge in [0.15, 0.2) is 11.7 Å². The molecule has 1 aromatic heterocycles. The molecule has 2 aliphatic rings. The summed E-state index contributed by atoms with van der Waals surface area (Å²) in [5, 5.41) is 12.1. The molecule has 186 valence electrons. The average Bonchev–Trinajstić information content (AvgIpc) is 3.62. The monoisotopic (exact) mass is 505 g/mol. The highest BCUT2D eigenvalue weighted by molar-refractivity contribution is 7.97. The van der Waals surface area contributed by atoms with Crippen LogP contribution in [0.25, 0.3) is 5.69 Å². The summed E-state index contributed by atoms with van der Waals surface area (Å²) in [4.78, 5) is 13.3. The number of rotatable bonds is 10. The normalized spacial score (nSPS) is 16.6. The summed E-state index contributed by atoms with van der Waals surface area (Å²) in [6.07, 6.45) is 8.07. The highest BCUT2D eigenvalue weighted by Gasteiger charge is 2.31. The van der Waals surface area contributed by atoms with E-state index >= 15 is 0 Å². The fourth-order valence-corrected chi connectivity index (χ4v) is 4.47. The zero-order chi connectivity index (χ0) is 24.9. The third-order valence-electron chi connectivity index (χ3n) is 5.71. The molecule has 2 heterocycles. The van der Waals surface area contributed by atoms with Crippen LogP contribution in [-0.2, 0) is 10.5 Å². The largest absolute Gasteiger partial charge is 0.494 e. The molecule has 1 aliphatic carbocycles. The van der Waals surface area contributed by atoms with E-state index in [2.05, 4.69) is 20.2 Å². The van der Waals surface area contributed by atoms with Gasteiger partial charge in [0.05, 0.1) is 14.2 Å². The van der Waals surface area contributed by atoms with E-state index in [-0.39, 0.29) is 23.9 Å². The maximum absolute atomic E-state index is 13.3. The van der Waals surface area contributed by atoms with Crippen molar-refractivity contribution in [3.8, 4) is 17.2 Å². The third-order valence-corrected chi connectivity index (χ3v) is 6.52. The summed E-state index contributed by atoms with van der Waals surface area (Å²) in [6, 6.07) is 15.0. The molecule has 5 rings (SSSR count). The smallest absolute Gasteiger partial charge is 0.299 e. The number of amides is 1. The number of carbonyl (C=O) groups excluding carboxylic acids is 1. The van der Waals surface area contributed by atoms with Gasteiger partial charge < -0.3 is 19.5 Å². The molecule has 2 N–H and O–H groups in total. The molecule has 0 bridgehead atoms. The molecule has 1 unspecified atom stereocenters. The summed E-state index contributed by atoms with van der Waals surface area (Å²) in [7, 11) is 3.14. The number of hydrogen-bond donors (Lipinski definition) is 2. The Balaban J connectivity index is 1.48. The minimum Gasteiger partial charge on any atom is -0.494 e. The average molecular weight is 506 g/mol. The minimum atomic E-state index is -0.385. The number of para-hydroxylation sites is 1. The van der Waals surface area contributed by atoms with Gasteiger partial charge in [-0.1, -0.05) is 48.6 Å². The maximum atomic E-state index is 13.3. The lowest BCUT2D eigenvalue weighted by Gasteiger charge is -2.23. The van der Waals surface area contributed by atoms with E-state index in [0.717, 1.165) is 18.4 Å². The van der Waals surface area contributed by atoms with Crippen LogP contribution in [0.1, 0.15) is 40.9 Å². The van der Waals surface area contributed by atoms with Crippen molar-refractivity contribution >= 4 is 17.9 Å². The predicted octanol–water partition coefficient (Wildman–Crippen LogP) is 4.08. The molecule has 2 aromatic carbocycles. The van der Waals surface area contributed by atoms with Crippen LogP contribution >= 0.6 is 11.9 Å². The van der Waals surface area contributed by atoms with Crippen LogP contribution < -0.4 is 19.5 Å². The SMILES string of the molecule is COc1cccc(OC)c1-n1c(C(=O)NSCc2ccccc2)nnc1C1C=CC=C(OC2CC2)N1. The van der Waals surface area contributed by atoms with Gasteiger partial charge in [0.25, 0.3) is 5.91 Å². The molecule has 36 heavy (non-hydrogen) atoms. The number of ether oxygens (including phenoxy) is 3. The molecule has 0 radical (unpaired) electrons. The van der Waals surface area contributed by atoms with Crippen molar-refractivity contribution in [2.75, 3.05) is 14.2 Å². The molecule has 9 nitrogen and oxygen atoms in total. The van der Waals surface area contributed by atoms with E-state index in [1.807, 2.05) is 54.6 Å². The second-order valence-corrected chi connectivity index (χ2v) is 9.07. The van der Waals surface area contributed by atoms with Gasteiger partial charge in [-0.15, -0.1) is 10.2 Å². The number of hydrogen-bond acceptors (Lipinski definition) is 8. The van der Waals surface area contributed by atoms with Crippen molar-refractivity contribution in [1.82, 2.24) is 24.8 Å². The Kier molecular flexibility index (Phi) is 7.13. The van der Waals surface area contributed by atoms with Gasteiger partial charge in [0, 0.05) is 5.75 Å². The van der Waals surface area contributed by atoms with E-state index in [1.165, 1.54) is 11.9 Å². The molecular weight excluding hydrogens is 478 g/mol. The topological polar surface area (TPSA) is 99.5 Å². The first-order valence-corrected chi connectivity index (χ1v) is 12.6. The van der Waals surface area contributed by atoms with Gasteiger partial charge in [0.2, 0.25) is 5.82 Å². The highest BCUT2D eigenvalue weighted by atomic mass is 32.2. The Labute approximate surface area is 213 Å². The first-order chi connectivity index (χ1) is 17.7. The van der Waals surface area contributed by atoms with E-state index in [0.29, 0.717) is 34.6 Å². The molecule has 1 amide bonds. The van der Waals surface area contributed by atoms with Crippen molar-refractivity contribution in [2.45, 2.75) is 30.7 Å². The van der Waals surface area contributed by atoms with Crippen LogP contribution in [0.5, 0.6) is 11.5 Å². The van der Waals surface area contributed by atoms with E-state index < -0.39 is 0 Å². The number of allylic oxidation sites excluding steroid dienone is 2. The lowest BCUT2D eigenvalue weighted by atomic mass is 10.2. The van der Waals surface area contributed by atoms with E-state index in [4.69, 9.17) is 14.2 Å². The number of nitrogens with zero attached hydrogens (tertiary/aromatic N) is 3. The van der Waals surface area contributed by atoms with Crippen LogP contribution in [0.4, 0.5) is 0 Å². The number of dihydropyridines is 1. The second-order valence-electron chi connectivity index (χ2n) is 8.29. The van der Waals surface area contributed by atoms with Crippen molar-refractivity contribution in [3.63, 3.8) is 0 Å². The predicted molar refractivity (Wildman–Crippen MR) is 137 cm³/mol. The molecule has 1 aliphatic heterocycles. The van der Waals surface area contributed by atoms with Crippen LogP contribution in [0.3, 0.4) is 0 Å². The first-order valence-electron chi connectivity index (χ1n) is 11.6. The molecule has 1 saturated carbocycles. The molecule has 0 saturated heterocycles. The van der Waals surface area contributed by atoms with Crippen LogP contribution in [0, 0.1) is 0 Å². The Morgan fingerprint density at radius 3 is 2.53 bits per heavy atom. The third kappa shape index (κ3) is 5.18. The van der Waals surface area contributed by atoms with Crippen LogP contribution in [0.15, 0.2) is 72.6 Å². The van der Waals surface area contributed by atoms with E-state index in [1.54, 1.807) is 30.9 Å². The second kappa shape index (κ2) is 10.8. The number of nitrogens with one attached hydrogen (secondary N) is 2. The van der Waals surface area contributed by atoms with Gasteiger partial charge >= 0.3 is 0 Å². The van der Waals surface area contributed by atoms with Crippen LogP contribution in [0.2, 0.25) is 0 Å². The quantitative estimate of drug-likeness (QED) is 0.398. The fourth-order valence-electron chi connectivity index (χ4n) is 3.82. The number of benzene rings is 2. The lowest BCUT2D eigenvalue weighted by molar-refractivity contribution is 0.0972. The van der Waals surface area contributed by atoms with Gasteiger partial charge in [0.1, 0.15) is 29.3 Å². The highest BCUT2D eigenvalue weighted by Crippen LogP contribution is 2.36. The van der Waals surface area contributed by atoms with Gasteiger partial charge in [-0.05, 0) is 48.6 Å². The van der Waals surface area contributed by atoms with Crippen molar-refractivity contribution in [1.29, 1.82) is 0 Å². The zero-order valence-electron chi connectivity index (χ0n) is 20.0. The Hall–Kier alpha value is -3.92. The van der Waals surface area contributed by atoms with Crippen molar-refractivity contribution in [3.05, 3.63) is 89.9 Å². The Morgan fingerprint density at radius 1 is 1.08 bits per heavy atom. The van der Waals surface area contributed by atoms with Crippen molar-refractivity contribution < 1.29 is 19.0 Å².